The average Bonchev–Trinajstić information content (AvgIpc) is 3.39. The van der Waals surface area contributed by atoms with Crippen molar-refractivity contribution < 1.29 is 9.59 Å². The van der Waals surface area contributed by atoms with Crippen molar-refractivity contribution >= 4 is 58.3 Å². The molecule has 2 aromatic heterocycles. The molecule has 0 saturated carbocycles. The molecule has 2 amide bonds. The maximum absolute atomic E-state index is 12.4. The summed E-state index contributed by atoms with van der Waals surface area (Å²) in [6, 6.07) is 9.13. The van der Waals surface area contributed by atoms with Crippen LogP contribution in [0.5, 0.6) is 0 Å². The minimum atomic E-state index is -0.101. The van der Waals surface area contributed by atoms with Crippen LogP contribution in [0.4, 0.5) is 0 Å². The number of piperazine rings is 1. The van der Waals surface area contributed by atoms with Gasteiger partial charge in [0.25, 0.3) is 11.8 Å². The number of nitrogens with one attached hydrogen (secondary N) is 1. The van der Waals surface area contributed by atoms with E-state index in [0.717, 1.165) is 60.4 Å². The van der Waals surface area contributed by atoms with Crippen LogP contribution in [0.25, 0.3) is 11.0 Å². The second-order valence-corrected chi connectivity index (χ2v) is 7.81. The molecule has 0 bridgehead atoms. The molecule has 0 unspecified atom stereocenters. The first-order valence-corrected chi connectivity index (χ1v) is 10.4. The fraction of sp³-hybridized carbons (Fsp3) is 0.333. The van der Waals surface area contributed by atoms with Gasteiger partial charge >= 0.3 is 0 Å². The van der Waals surface area contributed by atoms with Crippen molar-refractivity contribution in [3.8, 4) is 0 Å². The Morgan fingerprint density at radius 2 is 1.86 bits per heavy atom. The first kappa shape index (κ1) is 20.7. The number of halogens is 1. The second kappa shape index (κ2) is 9.42. The zero-order valence-electron chi connectivity index (χ0n) is 15.0. The number of nitrogens with zero attached hydrogens (tertiary/aromatic N) is 4. The first-order valence-electron chi connectivity index (χ1n) is 8.76. The minimum Gasteiger partial charge on any atom is -0.351 e. The Morgan fingerprint density at radius 3 is 2.61 bits per heavy atom. The van der Waals surface area contributed by atoms with Gasteiger partial charge in [-0.15, -0.1) is 23.7 Å². The maximum atomic E-state index is 12.4. The lowest BCUT2D eigenvalue weighted by molar-refractivity contribution is 0.0643. The van der Waals surface area contributed by atoms with E-state index in [4.69, 9.17) is 0 Å². The highest BCUT2D eigenvalue weighted by Crippen LogP contribution is 2.14. The number of fused-ring (bicyclic) bond motifs is 1. The highest BCUT2D eigenvalue weighted by atomic mass is 35.5. The van der Waals surface area contributed by atoms with Gasteiger partial charge in [-0.05, 0) is 29.6 Å². The smallest absolute Gasteiger partial charge is 0.264 e. The number of hydrogen-bond acceptors (Lipinski definition) is 7. The molecule has 0 atom stereocenters. The molecule has 0 spiro atoms. The number of carbonyl (C=O) groups excluding carboxylic acids is 2. The number of thiophene rings is 1. The van der Waals surface area contributed by atoms with E-state index in [0.29, 0.717) is 12.1 Å². The Kier molecular flexibility index (Phi) is 6.95. The quantitative estimate of drug-likeness (QED) is 0.663. The van der Waals surface area contributed by atoms with Crippen molar-refractivity contribution in [2.45, 2.75) is 0 Å². The van der Waals surface area contributed by atoms with Crippen molar-refractivity contribution in [1.29, 1.82) is 0 Å². The van der Waals surface area contributed by atoms with Gasteiger partial charge in [-0.2, -0.15) is 8.75 Å². The van der Waals surface area contributed by atoms with E-state index in [9.17, 15) is 9.59 Å². The summed E-state index contributed by atoms with van der Waals surface area (Å²) in [7, 11) is 0. The Bertz CT molecular complexity index is 939. The van der Waals surface area contributed by atoms with Crippen LogP contribution in [0.15, 0.2) is 35.7 Å². The molecule has 1 saturated heterocycles. The third kappa shape index (κ3) is 4.67. The highest BCUT2D eigenvalue weighted by Gasteiger charge is 2.22. The van der Waals surface area contributed by atoms with Gasteiger partial charge in [-0.3, -0.25) is 14.5 Å². The molecule has 1 aliphatic rings. The standard InChI is InChI=1S/C18H19N5O2S2.ClH/c24-17(13-3-4-14-15(12-13)21-27-20-14)19-5-6-22-7-9-23(10-8-22)18(25)16-2-1-11-26-16;/h1-4,11-12H,5-10H2,(H,19,24);1H. The largest absolute Gasteiger partial charge is 0.351 e. The molecule has 4 rings (SSSR count). The Hall–Kier alpha value is -2.07. The molecule has 1 aliphatic heterocycles. The SMILES string of the molecule is Cl.O=C(NCCN1CCN(C(=O)c2cccs2)CC1)c1ccc2nsnc2c1. The number of rotatable bonds is 5. The molecule has 10 heteroatoms. The van der Waals surface area contributed by atoms with E-state index in [1.54, 1.807) is 12.1 Å². The number of amides is 2. The summed E-state index contributed by atoms with van der Waals surface area (Å²) in [6.45, 7) is 4.43. The molecule has 1 aromatic carbocycles. The van der Waals surface area contributed by atoms with Gasteiger partial charge in [0.1, 0.15) is 11.0 Å². The zero-order valence-corrected chi connectivity index (χ0v) is 17.5. The molecule has 1 N–H and O–H groups in total. The molecular weight excluding hydrogens is 418 g/mol. The molecule has 148 valence electrons. The monoisotopic (exact) mass is 437 g/mol. The van der Waals surface area contributed by atoms with Gasteiger partial charge in [-0.1, -0.05) is 6.07 Å². The molecule has 3 heterocycles. The van der Waals surface area contributed by atoms with Crippen LogP contribution in [0.1, 0.15) is 20.0 Å². The summed E-state index contributed by atoms with van der Waals surface area (Å²) in [5, 5.41) is 4.88. The van der Waals surface area contributed by atoms with Crippen LogP contribution in [-0.2, 0) is 0 Å². The van der Waals surface area contributed by atoms with Gasteiger partial charge in [0.2, 0.25) is 0 Å². The van der Waals surface area contributed by atoms with Gasteiger partial charge < -0.3 is 10.2 Å². The molecule has 1 fully saturated rings. The molecule has 0 radical (unpaired) electrons. The average molecular weight is 438 g/mol. The number of hydrogen-bond donors (Lipinski definition) is 1. The summed E-state index contributed by atoms with van der Waals surface area (Å²) >= 11 is 2.63. The summed E-state index contributed by atoms with van der Waals surface area (Å²) in [6.07, 6.45) is 0. The number of aromatic nitrogens is 2. The lowest BCUT2D eigenvalue weighted by atomic mass is 10.2. The second-order valence-electron chi connectivity index (χ2n) is 6.33. The number of carbonyl (C=O) groups is 2. The molecule has 7 nitrogen and oxygen atoms in total. The van der Waals surface area contributed by atoms with Crippen molar-refractivity contribution in [1.82, 2.24) is 23.9 Å². The van der Waals surface area contributed by atoms with Gasteiger partial charge in [0.05, 0.1) is 16.6 Å². The van der Waals surface area contributed by atoms with Crippen LogP contribution < -0.4 is 5.32 Å². The highest BCUT2D eigenvalue weighted by molar-refractivity contribution is 7.12. The van der Waals surface area contributed by atoms with Gasteiger partial charge in [0, 0.05) is 44.8 Å². The van der Waals surface area contributed by atoms with Crippen molar-refractivity contribution in [3.05, 3.63) is 46.2 Å². The van der Waals surface area contributed by atoms with Gasteiger partial charge in [0.15, 0.2) is 0 Å². The fourth-order valence-corrected chi connectivity index (χ4v) is 4.29. The predicted molar refractivity (Wildman–Crippen MR) is 114 cm³/mol. The fourth-order valence-electron chi connectivity index (χ4n) is 3.08. The summed E-state index contributed by atoms with van der Waals surface area (Å²) in [5.74, 6) is 0.0151. The van der Waals surface area contributed by atoms with Crippen LogP contribution in [0.3, 0.4) is 0 Å². The summed E-state index contributed by atoms with van der Waals surface area (Å²) in [5.41, 5.74) is 2.16. The van der Waals surface area contributed by atoms with Crippen molar-refractivity contribution in [2.75, 3.05) is 39.3 Å². The Labute approximate surface area is 177 Å². The Balaban J connectivity index is 0.00000225. The lowest BCUT2D eigenvalue weighted by Crippen LogP contribution is -2.50. The van der Waals surface area contributed by atoms with Crippen LogP contribution in [0.2, 0.25) is 0 Å². The topological polar surface area (TPSA) is 78.4 Å². The van der Waals surface area contributed by atoms with E-state index in [2.05, 4.69) is 19.0 Å². The van der Waals surface area contributed by atoms with E-state index >= 15 is 0 Å². The van der Waals surface area contributed by atoms with E-state index in [1.807, 2.05) is 28.5 Å². The van der Waals surface area contributed by atoms with E-state index < -0.39 is 0 Å². The van der Waals surface area contributed by atoms with Crippen LogP contribution in [-0.4, -0.2) is 69.6 Å². The van der Waals surface area contributed by atoms with Crippen molar-refractivity contribution in [3.63, 3.8) is 0 Å². The van der Waals surface area contributed by atoms with Crippen molar-refractivity contribution in [2.24, 2.45) is 0 Å². The predicted octanol–water partition coefficient (Wildman–Crippen LogP) is 2.36. The zero-order chi connectivity index (χ0) is 18.6. The number of benzene rings is 1. The van der Waals surface area contributed by atoms with Gasteiger partial charge in [-0.25, -0.2) is 0 Å². The van der Waals surface area contributed by atoms with E-state index in [-0.39, 0.29) is 24.2 Å². The third-order valence-electron chi connectivity index (χ3n) is 4.62. The summed E-state index contributed by atoms with van der Waals surface area (Å²) < 4.78 is 8.31. The first-order chi connectivity index (χ1) is 13.2. The van der Waals surface area contributed by atoms with E-state index in [1.165, 1.54) is 11.3 Å². The third-order valence-corrected chi connectivity index (χ3v) is 6.04. The van der Waals surface area contributed by atoms with Crippen LogP contribution in [0, 0.1) is 0 Å². The molecular formula is C18H20ClN5O2S2. The van der Waals surface area contributed by atoms with Crippen LogP contribution >= 0.6 is 35.5 Å². The maximum Gasteiger partial charge on any atom is 0.264 e. The molecule has 28 heavy (non-hydrogen) atoms. The normalized spacial score (nSPS) is 14.6. The minimum absolute atomic E-state index is 0. The summed E-state index contributed by atoms with van der Waals surface area (Å²) in [4.78, 5) is 29.6. The Morgan fingerprint density at radius 1 is 1.07 bits per heavy atom. The lowest BCUT2D eigenvalue weighted by Gasteiger charge is -2.34. The molecule has 3 aromatic rings. The molecule has 0 aliphatic carbocycles.